The highest BCUT2D eigenvalue weighted by molar-refractivity contribution is 5.83. The number of rotatable bonds is 4. The van der Waals surface area contributed by atoms with Crippen molar-refractivity contribution in [1.82, 2.24) is 5.43 Å². The molecule has 5 nitrogen and oxygen atoms in total. The van der Waals surface area contributed by atoms with Crippen LogP contribution >= 0.6 is 0 Å². The third-order valence-corrected chi connectivity index (χ3v) is 2.27. The average Bonchev–Trinajstić information content (AvgIpc) is 2.92. The minimum Gasteiger partial charge on any atom is -0.463 e. The highest BCUT2D eigenvalue weighted by atomic mass is 16.3. The molecule has 0 radical (unpaired) electrons. The van der Waals surface area contributed by atoms with Crippen molar-refractivity contribution >= 4 is 12.1 Å². The van der Waals surface area contributed by atoms with Crippen molar-refractivity contribution in [2.45, 2.75) is 6.10 Å². The summed E-state index contributed by atoms with van der Waals surface area (Å²) >= 11 is 0. The second-order valence-electron chi connectivity index (χ2n) is 3.56. The summed E-state index contributed by atoms with van der Waals surface area (Å²) in [5.41, 5.74) is 2.76. The molecule has 2 aromatic rings. The summed E-state index contributed by atoms with van der Waals surface area (Å²) in [4.78, 5) is 11.6. The average molecular weight is 244 g/mol. The highest BCUT2D eigenvalue weighted by Gasteiger charge is 2.15. The fourth-order valence-electron chi connectivity index (χ4n) is 1.37. The van der Waals surface area contributed by atoms with E-state index < -0.39 is 12.0 Å². The van der Waals surface area contributed by atoms with E-state index in [1.165, 1.54) is 12.5 Å². The van der Waals surface area contributed by atoms with Crippen LogP contribution in [0.3, 0.4) is 0 Å². The number of nitrogens with zero attached hydrogens (tertiary/aromatic N) is 1. The molecule has 0 saturated heterocycles. The fraction of sp³-hybridized carbons (Fsp3) is 0.0769. The molecule has 18 heavy (non-hydrogen) atoms. The first kappa shape index (κ1) is 12.1. The zero-order valence-corrected chi connectivity index (χ0v) is 9.48. The Labute approximate surface area is 104 Å². The van der Waals surface area contributed by atoms with Crippen LogP contribution in [0.1, 0.15) is 17.4 Å². The zero-order chi connectivity index (χ0) is 12.8. The Kier molecular flexibility index (Phi) is 3.88. The Balaban J connectivity index is 1.92. The van der Waals surface area contributed by atoms with Crippen LogP contribution in [0, 0.1) is 0 Å². The van der Waals surface area contributed by atoms with Crippen LogP contribution in [0.2, 0.25) is 0 Å². The smallest absolute Gasteiger partial charge is 0.273 e. The molecule has 1 heterocycles. The SMILES string of the molecule is O=C(N/N=C\c1ccco1)[C@@H](O)c1ccccc1. The van der Waals surface area contributed by atoms with E-state index in [-0.39, 0.29) is 0 Å². The van der Waals surface area contributed by atoms with Crippen molar-refractivity contribution in [3.05, 3.63) is 60.1 Å². The van der Waals surface area contributed by atoms with Crippen molar-refractivity contribution in [1.29, 1.82) is 0 Å². The minimum atomic E-state index is -1.24. The van der Waals surface area contributed by atoms with E-state index in [9.17, 15) is 9.90 Å². The Morgan fingerprint density at radius 2 is 2.06 bits per heavy atom. The molecule has 0 fully saturated rings. The highest BCUT2D eigenvalue weighted by Crippen LogP contribution is 2.11. The van der Waals surface area contributed by atoms with E-state index in [4.69, 9.17) is 4.42 Å². The summed E-state index contributed by atoms with van der Waals surface area (Å²) in [6.45, 7) is 0. The summed E-state index contributed by atoms with van der Waals surface area (Å²) in [5, 5.41) is 13.4. The van der Waals surface area contributed by atoms with E-state index >= 15 is 0 Å². The first-order valence-electron chi connectivity index (χ1n) is 5.37. The quantitative estimate of drug-likeness (QED) is 0.631. The number of furan rings is 1. The standard InChI is InChI=1S/C13H12N2O3/c16-12(10-5-2-1-3-6-10)13(17)15-14-9-11-7-4-8-18-11/h1-9,12,16H,(H,15,17)/b14-9-/t12-/m0/s1. The van der Waals surface area contributed by atoms with Gasteiger partial charge in [0.1, 0.15) is 5.76 Å². The molecule has 0 aliphatic heterocycles. The maximum atomic E-state index is 11.6. The number of carbonyl (C=O) groups excluding carboxylic acids is 1. The number of nitrogens with one attached hydrogen (secondary N) is 1. The molecule has 92 valence electrons. The van der Waals surface area contributed by atoms with E-state index in [0.29, 0.717) is 11.3 Å². The topological polar surface area (TPSA) is 74.8 Å². The van der Waals surface area contributed by atoms with Crippen molar-refractivity contribution in [2.24, 2.45) is 5.10 Å². The monoisotopic (exact) mass is 244 g/mol. The molecule has 0 bridgehead atoms. The molecule has 0 aliphatic rings. The van der Waals surface area contributed by atoms with Crippen molar-refractivity contribution < 1.29 is 14.3 Å². The molecule has 1 atom stereocenters. The van der Waals surface area contributed by atoms with Crippen LogP contribution in [-0.2, 0) is 4.79 Å². The second kappa shape index (κ2) is 5.79. The Bertz CT molecular complexity index is 520. The third-order valence-electron chi connectivity index (χ3n) is 2.27. The number of hydrazone groups is 1. The predicted octanol–water partition coefficient (Wildman–Crippen LogP) is 1.46. The molecular formula is C13H12N2O3. The van der Waals surface area contributed by atoms with Crippen LogP contribution in [0.15, 0.2) is 58.2 Å². The number of amides is 1. The Hall–Kier alpha value is -2.40. The van der Waals surface area contributed by atoms with Gasteiger partial charge in [-0.2, -0.15) is 5.10 Å². The number of hydrogen-bond acceptors (Lipinski definition) is 4. The van der Waals surface area contributed by atoms with E-state index in [0.717, 1.165) is 0 Å². The summed E-state index contributed by atoms with van der Waals surface area (Å²) in [5.74, 6) is -0.0755. The maximum Gasteiger partial charge on any atom is 0.273 e. The normalized spacial score (nSPS) is 12.5. The Morgan fingerprint density at radius 1 is 1.28 bits per heavy atom. The Morgan fingerprint density at radius 3 is 2.72 bits per heavy atom. The van der Waals surface area contributed by atoms with Crippen LogP contribution in [0.4, 0.5) is 0 Å². The van der Waals surface area contributed by atoms with Gasteiger partial charge < -0.3 is 9.52 Å². The number of aliphatic hydroxyl groups is 1. The fourth-order valence-corrected chi connectivity index (χ4v) is 1.37. The lowest BCUT2D eigenvalue weighted by Crippen LogP contribution is -2.25. The number of hydrogen-bond donors (Lipinski definition) is 2. The lowest BCUT2D eigenvalue weighted by Gasteiger charge is -2.08. The molecule has 0 spiro atoms. The molecule has 2 rings (SSSR count). The summed E-state index contributed by atoms with van der Waals surface area (Å²) in [6.07, 6.45) is 1.62. The molecule has 0 saturated carbocycles. The van der Waals surface area contributed by atoms with Gasteiger partial charge in [0.15, 0.2) is 6.10 Å². The van der Waals surface area contributed by atoms with Crippen LogP contribution in [0.5, 0.6) is 0 Å². The van der Waals surface area contributed by atoms with Crippen LogP contribution in [0.25, 0.3) is 0 Å². The number of carbonyl (C=O) groups is 1. The molecule has 2 N–H and O–H groups in total. The number of benzene rings is 1. The van der Waals surface area contributed by atoms with Gasteiger partial charge in [0.25, 0.3) is 5.91 Å². The zero-order valence-electron chi connectivity index (χ0n) is 9.48. The van der Waals surface area contributed by atoms with Gasteiger partial charge in [-0.15, -0.1) is 0 Å². The molecule has 1 amide bonds. The third kappa shape index (κ3) is 3.05. The molecular weight excluding hydrogens is 232 g/mol. The van der Waals surface area contributed by atoms with Crippen molar-refractivity contribution in [2.75, 3.05) is 0 Å². The maximum absolute atomic E-state index is 11.6. The predicted molar refractivity (Wildman–Crippen MR) is 65.8 cm³/mol. The molecule has 1 aromatic heterocycles. The summed E-state index contributed by atoms with van der Waals surface area (Å²) in [6, 6.07) is 12.0. The number of aliphatic hydroxyl groups excluding tert-OH is 1. The van der Waals surface area contributed by atoms with Crippen LogP contribution < -0.4 is 5.43 Å². The van der Waals surface area contributed by atoms with Gasteiger partial charge in [-0.05, 0) is 17.7 Å². The molecule has 1 aromatic carbocycles. The van der Waals surface area contributed by atoms with E-state index in [1.807, 2.05) is 6.07 Å². The second-order valence-corrected chi connectivity index (χ2v) is 3.56. The molecule has 5 heteroatoms. The van der Waals surface area contributed by atoms with Gasteiger partial charge in [-0.25, -0.2) is 5.43 Å². The largest absolute Gasteiger partial charge is 0.463 e. The lowest BCUT2D eigenvalue weighted by molar-refractivity contribution is -0.129. The van der Waals surface area contributed by atoms with Crippen molar-refractivity contribution in [3.8, 4) is 0 Å². The summed E-state index contributed by atoms with van der Waals surface area (Å²) < 4.78 is 5.00. The van der Waals surface area contributed by atoms with E-state index in [1.54, 1.807) is 36.4 Å². The van der Waals surface area contributed by atoms with E-state index in [2.05, 4.69) is 10.5 Å². The van der Waals surface area contributed by atoms with Gasteiger partial charge in [0.2, 0.25) is 0 Å². The minimum absolute atomic E-state index is 0.517. The first-order chi connectivity index (χ1) is 8.77. The van der Waals surface area contributed by atoms with Crippen molar-refractivity contribution in [3.63, 3.8) is 0 Å². The summed E-state index contributed by atoms with van der Waals surface area (Å²) in [7, 11) is 0. The first-order valence-corrected chi connectivity index (χ1v) is 5.37. The van der Waals surface area contributed by atoms with Gasteiger partial charge in [0, 0.05) is 0 Å². The van der Waals surface area contributed by atoms with Gasteiger partial charge in [0.05, 0.1) is 12.5 Å². The lowest BCUT2D eigenvalue weighted by atomic mass is 10.1. The van der Waals surface area contributed by atoms with Gasteiger partial charge >= 0.3 is 0 Å². The van der Waals surface area contributed by atoms with Gasteiger partial charge in [-0.1, -0.05) is 30.3 Å². The van der Waals surface area contributed by atoms with Crippen LogP contribution in [-0.4, -0.2) is 17.2 Å². The molecule has 0 aliphatic carbocycles. The molecule has 0 unspecified atom stereocenters. The van der Waals surface area contributed by atoms with Gasteiger partial charge in [-0.3, -0.25) is 4.79 Å².